The fourth-order valence-electron chi connectivity index (χ4n) is 2.70. The summed E-state index contributed by atoms with van der Waals surface area (Å²) >= 11 is 0. The maximum Gasteiger partial charge on any atom is 0.161 e. The Morgan fingerprint density at radius 2 is 1.89 bits per heavy atom. The Bertz CT molecular complexity index is 450. The highest BCUT2D eigenvalue weighted by molar-refractivity contribution is 5.44. The number of ether oxygens (including phenoxy) is 2. The smallest absolute Gasteiger partial charge is 0.161 e. The number of nitrogens with one attached hydrogen (secondary N) is 1. The van der Waals surface area contributed by atoms with Crippen LogP contribution in [0.1, 0.15) is 44.7 Å². The van der Waals surface area contributed by atoms with Crippen LogP contribution < -0.4 is 14.8 Å². The van der Waals surface area contributed by atoms with Crippen molar-refractivity contribution in [3.63, 3.8) is 0 Å². The van der Waals surface area contributed by atoms with Crippen molar-refractivity contribution in [2.75, 3.05) is 19.8 Å². The molecular formula is C16H23NO2. The minimum Gasteiger partial charge on any atom is -0.489 e. The fourth-order valence-corrected chi connectivity index (χ4v) is 2.70. The molecule has 0 spiro atoms. The summed E-state index contributed by atoms with van der Waals surface area (Å²) in [4.78, 5) is 0. The zero-order valence-electron chi connectivity index (χ0n) is 11.9. The van der Waals surface area contributed by atoms with Crippen LogP contribution in [0.25, 0.3) is 0 Å². The van der Waals surface area contributed by atoms with Crippen LogP contribution in [0, 0.1) is 5.41 Å². The molecule has 2 aliphatic rings. The van der Waals surface area contributed by atoms with Gasteiger partial charge in [0.15, 0.2) is 11.5 Å². The second-order valence-corrected chi connectivity index (χ2v) is 6.45. The van der Waals surface area contributed by atoms with E-state index in [-0.39, 0.29) is 5.41 Å². The first-order valence-electron chi connectivity index (χ1n) is 7.27. The molecule has 104 valence electrons. The average molecular weight is 261 g/mol. The summed E-state index contributed by atoms with van der Waals surface area (Å²) in [5.74, 6) is 1.78. The molecule has 0 aromatic heterocycles. The minimum absolute atomic E-state index is 0.0717. The molecule has 3 rings (SSSR count). The van der Waals surface area contributed by atoms with Crippen LogP contribution in [0.3, 0.4) is 0 Å². The first kappa shape index (κ1) is 12.8. The van der Waals surface area contributed by atoms with Gasteiger partial charge in [-0.2, -0.15) is 0 Å². The van der Waals surface area contributed by atoms with Crippen LogP contribution in [0.2, 0.25) is 0 Å². The molecule has 0 radical (unpaired) electrons. The number of hydrogen-bond donors (Lipinski definition) is 1. The molecular weight excluding hydrogens is 238 g/mol. The molecule has 3 nitrogen and oxygen atoms in total. The molecule has 2 heterocycles. The van der Waals surface area contributed by atoms with Crippen molar-refractivity contribution in [2.45, 2.75) is 39.2 Å². The van der Waals surface area contributed by atoms with Gasteiger partial charge in [-0.1, -0.05) is 26.3 Å². The SMILES string of the molecule is CC1(C)COc2ccc(C3CCCCN3)cc2OC1. The van der Waals surface area contributed by atoms with E-state index in [4.69, 9.17) is 9.47 Å². The summed E-state index contributed by atoms with van der Waals surface area (Å²) in [5, 5.41) is 3.58. The molecule has 0 bridgehead atoms. The first-order valence-corrected chi connectivity index (χ1v) is 7.27. The van der Waals surface area contributed by atoms with Crippen molar-refractivity contribution in [2.24, 2.45) is 5.41 Å². The lowest BCUT2D eigenvalue weighted by molar-refractivity contribution is 0.140. The quantitative estimate of drug-likeness (QED) is 0.841. The summed E-state index contributed by atoms with van der Waals surface area (Å²) in [5.41, 5.74) is 1.39. The first-order chi connectivity index (χ1) is 9.14. The number of fused-ring (bicyclic) bond motifs is 1. The molecule has 0 aliphatic carbocycles. The Morgan fingerprint density at radius 3 is 2.63 bits per heavy atom. The topological polar surface area (TPSA) is 30.5 Å². The van der Waals surface area contributed by atoms with Gasteiger partial charge in [0.25, 0.3) is 0 Å². The molecule has 0 saturated carbocycles. The summed E-state index contributed by atoms with van der Waals surface area (Å²) in [7, 11) is 0. The van der Waals surface area contributed by atoms with Gasteiger partial charge < -0.3 is 14.8 Å². The van der Waals surface area contributed by atoms with Crippen molar-refractivity contribution >= 4 is 0 Å². The van der Waals surface area contributed by atoms with Gasteiger partial charge in [-0.3, -0.25) is 0 Å². The number of hydrogen-bond acceptors (Lipinski definition) is 3. The zero-order chi connectivity index (χ0) is 13.3. The largest absolute Gasteiger partial charge is 0.489 e. The van der Waals surface area contributed by atoms with Crippen molar-refractivity contribution in [1.29, 1.82) is 0 Å². The minimum atomic E-state index is 0.0717. The molecule has 1 aromatic carbocycles. The highest BCUT2D eigenvalue weighted by Crippen LogP contribution is 2.36. The maximum atomic E-state index is 5.94. The Morgan fingerprint density at radius 1 is 1.11 bits per heavy atom. The highest BCUT2D eigenvalue weighted by atomic mass is 16.5. The van der Waals surface area contributed by atoms with Gasteiger partial charge >= 0.3 is 0 Å². The molecule has 19 heavy (non-hydrogen) atoms. The monoisotopic (exact) mass is 261 g/mol. The van der Waals surface area contributed by atoms with E-state index < -0.39 is 0 Å². The van der Waals surface area contributed by atoms with Crippen LogP contribution in [0.5, 0.6) is 11.5 Å². The zero-order valence-corrected chi connectivity index (χ0v) is 11.9. The van der Waals surface area contributed by atoms with Crippen LogP contribution in [-0.2, 0) is 0 Å². The van der Waals surface area contributed by atoms with Crippen molar-refractivity contribution in [3.8, 4) is 11.5 Å². The summed E-state index contributed by atoms with van der Waals surface area (Å²) < 4.78 is 11.8. The van der Waals surface area contributed by atoms with Gasteiger partial charge in [0.05, 0.1) is 13.2 Å². The highest BCUT2D eigenvalue weighted by Gasteiger charge is 2.26. The third kappa shape index (κ3) is 2.86. The van der Waals surface area contributed by atoms with E-state index in [9.17, 15) is 0 Å². The fraction of sp³-hybridized carbons (Fsp3) is 0.625. The maximum absolute atomic E-state index is 5.94. The van der Waals surface area contributed by atoms with Crippen molar-refractivity contribution in [1.82, 2.24) is 5.32 Å². The Balaban J connectivity index is 1.82. The van der Waals surface area contributed by atoms with E-state index in [1.807, 2.05) is 0 Å². The Hall–Kier alpha value is -1.22. The van der Waals surface area contributed by atoms with E-state index in [1.165, 1.54) is 24.8 Å². The summed E-state index contributed by atoms with van der Waals surface area (Å²) in [6.45, 7) is 6.87. The number of rotatable bonds is 1. The molecule has 3 heteroatoms. The van der Waals surface area contributed by atoms with E-state index in [1.54, 1.807) is 0 Å². The van der Waals surface area contributed by atoms with Crippen LogP contribution in [0.15, 0.2) is 18.2 Å². The standard InChI is InChI=1S/C16H23NO2/c1-16(2)10-18-14-7-6-12(9-15(14)19-11-16)13-5-3-4-8-17-13/h6-7,9,13,17H,3-5,8,10-11H2,1-2H3. The molecule has 0 amide bonds. The lowest BCUT2D eigenvalue weighted by Crippen LogP contribution is -2.26. The predicted molar refractivity (Wildman–Crippen MR) is 75.8 cm³/mol. The van der Waals surface area contributed by atoms with Crippen LogP contribution in [-0.4, -0.2) is 19.8 Å². The van der Waals surface area contributed by atoms with Gasteiger partial charge in [0, 0.05) is 11.5 Å². The summed E-state index contributed by atoms with van der Waals surface area (Å²) in [6, 6.07) is 6.85. The van der Waals surface area contributed by atoms with E-state index in [0.29, 0.717) is 19.3 Å². The van der Waals surface area contributed by atoms with Gasteiger partial charge in [0.1, 0.15) is 0 Å². The number of benzene rings is 1. The van der Waals surface area contributed by atoms with Crippen molar-refractivity contribution < 1.29 is 9.47 Å². The number of piperidine rings is 1. The van der Waals surface area contributed by atoms with Crippen LogP contribution in [0.4, 0.5) is 0 Å². The predicted octanol–water partition coefficient (Wildman–Crippen LogP) is 3.30. The second-order valence-electron chi connectivity index (χ2n) is 6.45. The molecule has 1 saturated heterocycles. The van der Waals surface area contributed by atoms with Gasteiger partial charge in [0.2, 0.25) is 0 Å². The van der Waals surface area contributed by atoms with Gasteiger partial charge in [-0.15, -0.1) is 0 Å². The Labute approximate surface area is 115 Å². The van der Waals surface area contributed by atoms with Gasteiger partial charge in [-0.25, -0.2) is 0 Å². The summed E-state index contributed by atoms with van der Waals surface area (Å²) in [6.07, 6.45) is 3.81. The van der Waals surface area contributed by atoms with E-state index in [0.717, 1.165) is 18.0 Å². The molecule has 2 aliphatic heterocycles. The van der Waals surface area contributed by atoms with E-state index in [2.05, 4.69) is 37.4 Å². The molecule has 1 unspecified atom stereocenters. The van der Waals surface area contributed by atoms with E-state index >= 15 is 0 Å². The lowest BCUT2D eigenvalue weighted by Gasteiger charge is -2.24. The normalized spacial score (nSPS) is 25.7. The second kappa shape index (κ2) is 5.04. The van der Waals surface area contributed by atoms with Gasteiger partial charge in [-0.05, 0) is 37.1 Å². The third-order valence-electron chi connectivity index (χ3n) is 3.92. The third-order valence-corrected chi connectivity index (χ3v) is 3.92. The molecule has 1 aromatic rings. The van der Waals surface area contributed by atoms with Crippen molar-refractivity contribution in [3.05, 3.63) is 23.8 Å². The molecule has 1 fully saturated rings. The average Bonchev–Trinajstić information content (AvgIpc) is 2.59. The van der Waals surface area contributed by atoms with Crippen LogP contribution >= 0.6 is 0 Å². The molecule has 1 N–H and O–H groups in total. The molecule has 1 atom stereocenters. The lowest BCUT2D eigenvalue weighted by atomic mass is 9.97. The Kier molecular flexibility index (Phi) is 3.40.